The van der Waals surface area contributed by atoms with Crippen LogP contribution in [0, 0.1) is 0 Å². The van der Waals surface area contributed by atoms with Crippen molar-refractivity contribution in [3.8, 4) is 74.0 Å². The highest BCUT2D eigenvalue weighted by Crippen LogP contribution is 2.49. The highest BCUT2D eigenvalue weighted by atomic mass is 16.5. The fraction of sp³-hybridized carbons (Fsp3) is 0.488. The first-order valence-electron chi connectivity index (χ1n) is 51.4. The van der Waals surface area contributed by atoms with Gasteiger partial charge in [-0.25, -0.2) is 0 Å². The number of unbranched alkanes of at least 4 members (excludes halogenated alkanes) is 35. The summed E-state index contributed by atoms with van der Waals surface area (Å²) in [4.78, 5) is 0. The van der Waals surface area contributed by atoms with Crippen LogP contribution in [0.3, 0.4) is 0 Å². The lowest BCUT2D eigenvalue weighted by molar-refractivity contribution is 0.290. The first kappa shape index (κ1) is 99.2. The summed E-state index contributed by atoms with van der Waals surface area (Å²) in [6, 6.07) is 67.5. The number of aryl methyl sites for hydroxylation is 5. The molecule has 12 rings (SSSR count). The average Bonchev–Trinajstić information content (AvgIpc) is 0.740. The SMILES string of the molecule is CCCCCCCCCCc1ccc2cc(OC)c(COc3ccc(OCc4cc5cc(CCCCCCCCCC)ccc5cc4OC)c(-c4cc(CCCCCCCCCC)c(-c5cc(OCc6cc7cc(CCCCCCCCCC)ccc7cc6OC)ccc5OCc5cc6cc(CCCCCCCCCC)ccc6cc5OC)c5ccc(OC)cc45)c3)cc2c1. The monoisotopic (exact) mass is 1760 g/mol. The highest BCUT2D eigenvalue weighted by molar-refractivity contribution is 6.08. The molecule has 0 radical (unpaired) electrons. The molecule has 0 unspecified atom stereocenters. The predicted molar refractivity (Wildman–Crippen MR) is 552 cm³/mol. The van der Waals surface area contributed by atoms with Gasteiger partial charge >= 0.3 is 0 Å². The van der Waals surface area contributed by atoms with Gasteiger partial charge in [0.25, 0.3) is 0 Å². The summed E-state index contributed by atoms with van der Waals surface area (Å²) in [5, 5.41) is 11.4. The van der Waals surface area contributed by atoms with Gasteiger partial charge in [-0.05, 0) is 260 Å². The van der Waals surface area contributed by atoms with E-state index in [-0.39, 0.29) is 19.8 Å². The van der Waals surface area contributed by atoms with Crippen LogP contribution in [0.5, 0.6) is 51.7 Å². The molecule has 0 fully saturated rings. The van der Waals surface area contributed by atoms with Gasteiger partial charge in [-0.2, -0.15) is 0 Å². The standard InChI is InChI=1S/C121H158O9/c1-11-16-21-26-31-36-41-46-51-90-56-60-94-79-117(123-7)103(74-99(94)70-90)86-127-108-65-68-115(129-88-105-76-101-72-92(58-62-96(101)81-119(105)125-9)53-48-43-38-33-28-23-18-13-3)113(84-108)111-78-98(55-50-45-40-35-30-25-20-15-5)121(110-67-64-107(122-6)83-112(110)111)114-85-109(128-87-104-75-100-71-91(57-61-95(100)80-118(104)124-8)52-47-42-37-32-27-22-17-12-2)66-69-116(114)130-89-106-77-102-73-93(59-63-97(102)82-120(106)126-10)54-49-44-39-34-29-24-19-14-4/h56-85H,11-55,86-89H2,1-10H3. The van der Waals surface area contributed by atoms with Crippen LogP contribution in [-0.2, 0) is 58.5 Å². The Labute approximate surface area is 783 Å². The van der Waals surface area contributed by atoms with Crippen LogP contribution in [0.2, 0.25) is 0 Å². The van der Waals surface area contributed by atoms with Gasteiger partial charge in [-0.15, -0.1) is 0 Å². The van der Waals surface area contributed by atoms with Crippen molar-refractivity contribution in [3.05, 3.63) is 232 Å². The van der Waals surface area contributed by atoms with Gasteiger partial charge in [0.15, 0.2) is 0 Å². The zero-order chi connectivity index (χ0) is 90.7. The van der Waals surface area contributed by atoms with Crippen LogP contribution in [0.4, 0.5) is 0 Å². The number of hydrogen-bond donors (Lipinski definition) is 0. The van der Waals surface area contributed by atoms with Gasteiger partial charge in [0, 0.05) is 33.4 Å². The number of fused-ring (bicyclic) bond motifs is 5. The summed E-state index contributed by atoms with van der Waals surface area (Å²) in [6.07, 6.45) is 56.1. The van der Waals surface area contributed by atoms with Gasteiger partial charge in [0.1, 0.15) is 78.2 Å². The molecule has 0 atom stereocenters. The number of rotatable bonds is 64. The Hall–Kier alpha value is -9.86. The Morgan fingerprint density at radius 3 is 0.777 bits per heavy atom. The minimum absolute atomic E-state index is 0.260. The molecule has 0 amide bonds. The molecule has 0 N–H and O–H groups in total. The van der Waals surface area contributed by atoms with Gasteiger partial charge < -0.3 is 42.6 Å². The lowest BCUT2D eigenvalue weighted by atomic mass is 9.85. The quantitative estimate of drug-likeness (QED) is 0.0346. The third-order valence-corrected chi connectivity index (χ3v) is 27.2. The number of benzene rings is 12. The molecule has 696 valence electrons. The normalized spacial score (nSPS) is 11.6. The van der Waals surface area contributed by atoms with Crippen LogP contribution >= 0.6 is 0 Å². The first-order valence-corrected chi connectivity index (χ1v) is 51.4. The summed E-state index contributed by atoms with van der Waals surface area (Å²) in [5.41, 5.74) is 14.5. The van der Waals surface area contributed by atoms with Crippen molar-refractivity contribution in [3.63, 3.8) is 0 Å². The van der Waals surface area contributed by atoms with Crippen molar-refractivity contribution >= 4 is 53.9 Å². The predicted octanol–water partition coefficient (Wildman–Crippen LogP) is 35.6. The van der Waals surface area contributed by atoms with Crippen molar-refractivity contribution < 1.29 is 42.6 Å². The van der Waals surface area contributed by atoms with Crippen molar-refractivity contribution in [2.45, 2.75) is 350 Å². The molecule has 12 aromatic rings. The Kier molecular flexibility index (Phi) is 41.8. The minimum atomic E-state index is 0.260. The van der Waals surface area contributed by atoms with E-state index < -0.39 is 0 Å². The van der Waals surface area contributed by atoms with Crippen molar-refractivity contribution in [2.75, 3.05) is 35.5 Å². The second-order valence-electron chi connectivity index (χ2n) is 37.3. The third kappa shape index (κ3) is 29.8. The first-order chi connectivity index (χ1) is 64.0. The molecule has 0 bridgehead atoms. The maximum Gasteiger partial charge on any atom is 0.127 e. The number of ether oxygens (including phenoxy) is 9. The summed E-state index contributed by atoms with van der Waals surface area (Å²) >= 11 is 0. The molecule has 9 heteroatoms. The fourth-order valence-electron chi connectivity index (χ4n) is 19.4. The largest absolute Gasteiger partial charge is 0.497 e. The lowest BCUT2D eigenvalue weighted by Crippen LogP contribution is -2.04. The van der Waals surface area contributed by atoms with Gasteiger partial charge in [0.05, 0.1) is 35.5 Å². The zero-order valence-electron chi connectivity index (χ0n) is 81.6. The number of hydrogen-bond acceptors (Lipinski definition) is 9. The summed E-state index contributed by atoms with van der Waals surface area (Å²) in [7, 11) is 8.86. The van der Waals surface area contributed by atoms with Crippen LogP contribution in [-0.4, -0.2) is 35.5 Å². The van der Waals surface area contributed by atoms with Crippen molar-refractivity contribution in [1.29, 1.82) is 0 Å². The second-order valence-corrected chi connectivity index (χ2v) is 37.3. The molecule has 0 aromatic heterocycles. The molecule has 0 saturated carbocycles. The number of methoxy groups -OCH3 is 5. The smallest absolute Gasteiger partial charge is 0.127 e. The Morgan fingerprint density at radius 1 is 0.177 bits per heavy atom. The Morgan fingerprint density at radius 2 is 0.462 bits per heavy atom. The van der Waals surface area contributed by atoms with E-state index in [0.717, 1.165) is 162 Å². The zero-order valence-corrected chi connectivity index (χ0v) is 81.6. The fourth-order valence-corrected chi connectivity index (χ4v) is 19.4. The summed E-state index contributed by atoms with van der Waals surface area (Å²) < 4.78 is 60.6. The van der Waals surface area contributed by atoms with Crippen LogP contribution in [0.25, 0.3) is 76.1 Å². The molecule has 12 aromatic carbocycles. The van der Waals surface area contributed by atoms with E-state index in [0.29, 0.717) is 18.1 Å². The molecule has 130 heavy (non-hydrogen) atoms. The topological polar surface area (TPSA) is 83.1 Å². The van der Waals surface area contributed by atoms with E-state index in [1.54, 1.807) is 35.5 Å². The van der Waals surface area contributed by atoms with Gasteiger partial charge in [-0.3, -0.25) is 0 Å². The molecule has 0 aliphatic heterocycles. The van der Waals surface area contributed by atoms with E-state index in [2.05, 4.69) is 217 Å². The molecule has 9 nitrogen and oxygen atoms in total. The van der Waals surface area contributed by atoms with Crippen LogP contribution < -0.4 is 42.6 Å². The van der Waals surface area contributed by atoms with Gasteiger partial charge in [-0.1, -0.05) is 338 Å². The molecular formula is C121H158O9. The maximum absolute atomic E-state index is 7.46. The minimum Gasteiger partial charge on any atom is -0.497 e. The second kappa shape index (κ2) is 54.8. The summed E-state index contributed by atoms with van der Waals surface area (Å²) in [6.45, 7) is 12.6. The molecule has 0 spiro atoms. The third-order valence-electron chi connectivity index (χ3n) is 27.2. The molecule has 0 aliphatic carbocycles. The Bertz CT molecular complexity index is 5420. The lowest BCUT2D eigenvalue weighted by Gasteiger charge is -2.23. The average molecular weight is 1760 g/mol. The maximum atomic E-state index is 7.46. The summed E-state index contributed by atoms with van der Waals surface area (Å²) in [5.74, 6) is 6.79. The van der Waals surface area contributed by atoms with Gasteiger partial charge in [0.2, 0.25) is 0 Å². The highest BCUT2D eigenvalue weighted by Gasteiger charge is 2.25. The van der Waals surface area contributed by atoms with E-state index in [1.807, 2.05) is 0 Å². The van der Waals surface area contributed by atoms with E-state index in [4.69, 9.17) is 42.6 Å². The molecule has 0 saturated heterocycles. The van der Waals surface area contributed by atoms with E-state index >= 15 is 0 Å². The van der Waals surface area contributed by atoms with Crippen LogP contribution in [0.1, 0.15) is 342 Å². The van der Waals surface area contributed by atoms with Crippen molar-refractivity contribution in [2.24, 2.45) is 0 Å². The Balaban J connectivity index is 0.958. The molecule has 0 aliphatic rings. The van der Waals surface area contributed by atoms with E-state index in [1.165, 1.54) is 293 Å². The molecular weight excluding hydrogens is 1600 g/mol. The van der Waals surface area contributed by atoms with E-state index in [9.17, 15) is 0 Å². The van der Waals surface area contributed by atoms with Crippen LogP contribution in [0.15, 0.2) is 182 Å². The molecule has 0 heterocycles. The van der Waals surface area contributed by atoms with Crippen molar-refractivity contribution in [1.82, 2.24) is 0 Å².